The van der Waals surface area contributed by atoms with E-state index in [0.717, 1.165) is 0 Å². The highest BCUT2D eigenvalue weighted by molar-refractivity contribution is 8.01. The number of rotatable bonds is 9. The zero-order chi connectivity index (χ0) is 20.9. The van der Waals surface area contributed by atoms with E-state index in [0.29, 0.717) is 24.3 Å². The van der Waals surface area contributed by atoms with Gasteiger partial charge in [-0.1, -0.05) is 18.2 Å². The van der Waals surface area contributed by atoms with Crippen molar-refractivity contribution in [1.82, 2.24) is 4.72 Å². The predicted molar refractivity (Wildman–Crippen MR) is 113 cm³/mol. The van der Waals surface area contributed by atoms with E-state index >= 15 is 0 Å². The molecule has 2 unspecified atom stereocenters. The lowest BCUT2D eigenvalue weighted by Gasteiger charge is -2.36. The van der Waals surface area contributed by atoms with E-state index in [2.05, 4.69) is 4.72 Å². The largest absolute Gasteiger partial charge is 0.598 e. The smallest absolute Gasteiger partial charge is 0.321 e. The normalized spacial score (nSPS) is 15.9. The molecule has 2 atom stereocenters. The molecule has 0 aliphatic carbocycles. The summed E-state index contributed by atoms with van der Waals surface area (Å²) >= 11 is 0.0833. The van der Waals surface area contributed by atoms with Crippen LogP contribution in [0.4, 0.5) is 4.39 Å². The maximum Gasteiger partial charge on any atom is 0.321 e. The highest BCUT2D eigenvalue weighted by Crippen LogP contribution is 2.34. The highest BCUT2D eigenvalue weighted by atomic mass is 32.2. The molecule has 27 heavy (non-hydrogen) atoms. The third-order valence-corrected chi connectivity index (χ3v) is 7.22. The fraction of sp³-hybridized carbons (Fsp3) is 0.650. The van der Waals surface area contributed by atoms with E-state index in [1.165, 1.54) is 17.8 Å². The van der Waals surface area contributed by atoms with Crippen LogP contribution in [0.15, 0.2) is 24.3 Å². The zero-order valence-corrected chi connectivity index (χ0v) is 19.0. The Kier molecular flexibility index (Phi) is 8.66. The molecule has 0 fully saturated rings. The SMILES string of the molecule is CCOC(=O)C(C)(C)SCCC(C)(N[S+]([O-])C(C)(C)C)c1ccccc1F. The Morgan fingerprint density at radius 2 is 1.81 bits per heavy atom. The minimum Gasteiger partial charge on any atom is -0.598 e. The average Bonchev–Trinajstić information content (AvgIpc) is 2.54. The van der Waals surface area contributed by atoms with Crippen molar-refractivity contribution in [2.45, 2.75) is 69.9 Å². The lowest BCUT2D eigenvalue weighted by molar-refractivity contribution is -0.145. The Balaban J connectivity index is 3.00. The van der Waals surface area contributed by atoms with Crippen LogP contribution in [0.5, 0.6) is 0 Å². The maximum atomic E-state index is 14.5. The van der Waals surface area contributed by atoms with E-state index in [-0.39, 0.29) is 11.8 Å². The van der Waals surface area contributed by atoms with Gasteiger partial charge in [-0.25, -0.2) is 4.39 Å². The first kappa shape index (κ1) is 24.3. The molecule has 0 heterocycles. The molecule has 0 aliphatic heterocycles. The first-order valence-electron chi connectivity index (χ1n) is 9.09. The Labute approximate surface area is 170 Å². The number of benzene rings is 1. The molecule has 0 saturated heterocycles. The Morgan fingerprint density at radius 3 is 2.33 bits per heavy atom. The molecule has 7 heteroatoms. The van der Waals surface area contributed by atoms with Gasteiger partial charge in [-0.05, 0) is 66.7 Å². The molecule has 1 N–H and O–H groups in total. The van der Waals surface area contributed by atoms with Crippen molar-refractivity contribution < 1.29 is 18.5 Å². The molecule has 0 aliphatic rings. The molecule has 1 aromatic carbocycles. The number of carbonyl (C=O) groups is 1. The molecule has 1 aromatic rings. The van der Waals surface area contributed by atoms with Gasteiger partial charge >= 0.3 is 5.97 Å². The maximum absolute atomic E-state index is 14.5. The third kappa shape index (κ3) is 6.97. The van der Waals surface area contributed by atoms with Crippen molar-refractivity contribution in [2.24, 2.45) is 0 Å². The third-order valence-electron chi connectivity index (χ3n) is 4.17. The minimum atomic E-state index is -1.37. The van der Waals surface area contributed by atoms with E-state index in [9.17, 15) is 13.7 Å². The average molecular weight is 418 g/mol. The van der Waals surface area contributed by atoms with E-state index < -0.39 is 26.4 Å². The molecule has 0 spiro atoms. The van der Waals surface area contributed by atoms with E-state index in [1.54, 1.807) is 25.1 Å². The standard InChI is InChI=1S/C20H32FNO3S2/c1-8-25-17(23)19(5,6)26-14-13-20(7,22-27(24)18(2,3)4)15-11-9-10-12-16(15)21/h9-12,22H,8,13-14H2,1-7H3. The molecule has 0 bridgehead atoms. The molecule has 154 valence electrons. The van der Waals surface area contributed by atoms with Crippen molar-refractivity contribution in [1.29, 1.82) is 0 Å². The molecule has 4 nitrogen and oxygen atoms in total. The molecular weight excluding hydrogens is 385 g/mol. The number of ether oxygens (including phenoxy) is 1. The van der Waals surface area contributed by atoms with Gasteiger partial charge < -0.3 is 9.29 Å². The summed E-state index contributed by atoms with van der Waals surface area (Å²) in [5.41, 5.74) is -0.363. The summed E-state index contributed by atoms with van der Waals surface area (Å²) in [6, 6.07) is 6.53. The summed E-state index contributed by atoms with van der Waals surface area (Å²) in [6.45, 7) is 13.2. The Morgan fingerprint density at radius 1 is 1.22 bits per heavy atom. The fourth-order valence-corrected chi connectivity index (χ4v) is 4.51. The lowest BCUT2D eigenvalue weighted by atomic mass is 9.90. The van der Waals surface area contributed by atoms with Gasteiger partial charge in [0.2, 0.25) is 0 Å². The van der Waals surface area contributed by atoms with Gasteiger partial charge in [0, 0.05) is 16.9 Å². The van der Waals surface area contributed by atoms with Crippen LogP contribution in [-0.4, -0.2) is 32.4 Å². The lowest BCUT2D eigenvalue weighted by Crippen LogP contribution is -2.50. The van der Waals surface area contributed by atoms with Crippen molar-refractivity contribution in [2.75, 3.05) is 12.4 Å². The molecule has 0 saturated carbocycles. The molecule has 1 rings (SSSR count). The van der Waals surface area contributed by atoms with Crippen molar-refractivity contribution in [3.8, 4) is 0 Å². The van der Waals surface area contributed by atoms with Crippen molar-refractivity contribution in [3.05, 3.63) is 35.6 Å². The number of nitrogens with one attached hydrogen (secondary N) is 1. The van der Waals surface area contributed by atoms with Gasteiger partial charge in [0.25, 0.3) is 0 Å². The first-order valence-corrected chi connectivity index (χ1v) is 11.2. The molecule has 0 radical (unpaired) electrons. The van der Waals surface area contributed by atoms with Crippen molar-refractivity contribution >= 4 is 29.1 Å². The Hall–Kier alpha value is -0.760. The van der Waals surface area contributed by atoms with Crippen LogP contribution < -0.4 is 4.72 Å². The second-order valence-corrected chi connectivity index (χ2v) is 11.8. The summed E-state index contributed by atoms with van der Waals surface area (Å²) in [6.07, 6.45) is 0.503. The van der Waals surface area contributed by atoms with Crippen LogP contribution in [0.1, 0.15) is 60.5 Å². The van der Waals surface area contributed by atoms with Gasteiger partial charge in [0.1, 0.15) is 15.3 Å². The Bertz CT molecular complexity index is 634. The first-order chi connectivity index (χ1) is 12.3. The fourth-order valence-electron chi connectivity index (χ4n) is 2.38. The number of hydrogen-bond donors (Lipinski definition) is 1. The number of halogens is 1. The summed E-state index contributed by atoms with van der Waals surface area (Å²) in [7, 11) is 0. The second-order valence-electron chi connectivity index (χ2n) is 8.12. The molecule has 0 aromatic heterocycles. The minimum absolute atomic E-state index is 0.270. The van der Waals surface area contributed by atoms with E-state index in [1.807, 2.05) is 41.5 Å². The number of hydrogen-bond acceptors (Lipinski definition) is 5. The summed E-state index contributed by atoms with van der Waals surface area (Å²) in [4.78, 5) is 12.1. The predicted octanol–water partition coefficient (Wildman–Crippen LogP) is 4.56. The summed E-state index contributed by atoms with van der Waals surface area (Å²) < 4.78 is 34.3. The number of thioether (sulfide) groups is 1. The number of esters is 1. The van der Waals surface area contributed by atoms with E-state index in [4.69, 9.17) is 4.74 Å². The van der Waals surface area contributed by atoms with Gasteiger partial charge in [0.15, 0.2) is 0 Å². The van der Waals surface area contributed by atoms with Gasteiger partial charge in [-0.3, -0.25) is 4.79 Å². The highest BCUT2D eigenvalue weighted by Gasteiger charge is 2.39. The van der Waals surface area contributed by atoms with Crippen LogP contribution in [0.25, 0.3) is 0 Å². The van der Waals surface area contributed by atoms with Crippen LogP contribution in [0.3, 0.4) is 0 Å². The van der Waals surface area contributed by atoms with Gasteiger partial charge in [0.05, 0.1) is 12.1 Å². The molecule has 0 amide bonds. The van der Waals surface area contributed by atoms with Gasteiger partial charge in [-0.15, -0.1) is 16.5 Å². The van der Waals surface area contributed by atoms with Crippen molar-refractivity contribution in [3.63, 3.8) is 0 Å². The number of carbonyl (C=O) groups excluding carboxylic acids is 1. The topological polar surface area (TPSA) is 61.4 Å². The van der Waals surface area contributed by atoms with Crippen LogP contribution >= 0.6 is 11.8 Å². The van der Waals surface area contributed by atoms with Gasteiger partial charge in [-0.2, -0.15) is 0 Å². The van der Waals surface area contributed by atoms with Crippen LogP contribution in [0, 0.1) is 5.82 Å². The second kappa shape index (κ2) is 9.63. The monoisotopic (exact) mass is 417 g/mol. The van der Waals surface area contributed by atoms with Crippen LogP contribution in [-0.2, 0) is 26.4 Å². The molecular formula is C20H32FNO3S2. The zero-order valence-electron chi connectivity index (χ0n) is 17.3. The van der Waals surface area contributed by atoms with Crippen LogP contribution in [0.2, 0.25) is 0 Å². The summed E-state index contributed by atoms with van der Waals surface area (Å²) in [5, 5.41) is 0. The summed E-state index contributed by atoms with van der Waals surface area (Å²) in [5.74, 6) is -0.0350. The quantitative estimate of drug-likeness (QED) is 0.471.